The molecule has 0 bridgehead atoms. The van der Waals surface area contributed by atoms with Gasteiger partial charge in [-0.15, -0.1) is 0 Å². The second-order valence-corrected chi connectivity index (χ2v) is 15.8. The highest BCUT2D eigenvalue weighted by Crippen LogP contribution is 2.35. The standard InChI is InChI=1S/C23H13ClIN3O2.C23H15ClN4O2/c2*24-16-9-4-3-8-15(16)20-19(27-21-17(25)10-5-11-18(21)26-20)12-28-22(29)13-6-1-2-7-14(13)23(28)30/h1-11H,12H2;1-11H,12,25H2. The van der Waals surface area contributed by atoms with Crippen molar-refractivity contribution in [2.45, 2.75) is 13.1 Å². The van der Waals surface area contributed by atoms with Crippen molar-refractivity contribution >= 4 is 97.2 Å². The molecule has 0 saturated carbocycles. The van der Waals surface area contributed by atoms with Gasteiger partial charge >= 0.3 is 0 Å². The highest BCUT2D eigenvalue weighted by atomic mass is 127. The summed E-state index contributed by atoms with van der Waals surface area (Å²) < 4.78 is 0.937. The smallest absolute Gasteiger partial charge is 0.261 e. The third-order valence-corrected chi connectivity index (χ3v) is 11.7. The average molecular weight is 941 g/mol. The van der Waals surface area contributed by atoms with E-state index < -0.39 is 0 Å². The molecule has 0 saturated heterocycles. The van der Waals surface area contributed by atoms with Gasteiger partial charge in [0.1, 0.15) is 11.0 Å². The Hall–Kier alpha value is -6.61. The molecule has 8 aromatic rings. The first-order valence-electron chi connectivity index (χ1n) is 18.5. The molecule has 6 aromatic carbocycles. The number of nitrogen functional groups attached to an aromatic ring is 1. The molecule has 10 rings (SSSR count). The molecule has 4 heterocycles. The number of carbonyl (C=O) groups is 4. The summed E-state index contributed by atoms with van der Waals surface area (Å²) in [6.07, 6.45) is 0. The molecule has 60 heavy (non-hydrogen) atoms. The fraction of sp³-hybridized carbons (Fsp3) is 0.0435. The van der Waals surface area contributed by atoms with Crippen molar-refractivity contribution in [3.63, 3.8) is 0 Å². The number of fused-ring (bicyclic) bond motifs is 4. The van der Waals surface area contributed by atoms with E-state index in [2.05, 4.69) is 22.6 Å². The van der Waals surface area contributed by atoms with E-state index in [4.69, 9.17) is 48.9 Å². The number of amides is 4. The van der Waals surface area contributed by atoms with Crippen LogP contribution in [0.1, 0.15) is 52.8 Å². The molecule has 11 nitrogen and oxygen atoms in total. The van der Waals surface area contributed by atoms with Crippen molar-refractivity contribution in [3.05, 3.63) is 181 Å². The first kappa shape index (κ1) is 38.9. The Bertz CT molecular complexity index is 2850. The largest absolute Gasteiger partial charge is 0.397 e. The van der Waals surface area contributed by atoms with E-state index in [1.54, 1.807) is 72.8 Å². The molecule has 0 unspecified atom stereocenters. The summed E-state index contributed by atoms with van der Waals surface area (Å²) in [6.45, 7) is -0.0228. The van der Waals surface area contributed by atoms with Gasteiger partial charge < -0.3 is 5.73 Å². The molecule has 0 atom stereocenters. The maximum Gasteiger partial charge on any atom is 0.261 e. The van der Waals surface area contributed by atoms with E-state index in [0.717, 1.165) is 14.6 Å². The zero-order chi connectivity index (χ0) is 41.7. The van der Waals surface area contributed by atoms with Crippen molar-refractivity contribution in [3.8, 4) is 22.5 Å². The van der Waals surface area contributed by atoms with Gasteiger partial charge in [0, 0.05) is 14.7 Å². The lowest BCUT2D eigenvalue weighted by Gasteiger charge is -2.17. The molecule has 0 fully saturated rings. The van der Waals surface area contributed by atoms with Crippen molar-refractivity contribution in [1.29, 1.82) is 0 Å². The molecule has 2 aliphatic rings. The molecule has 0 spiro atoms. The van der Waals surface area contributed by atoms with Gasteiger partial charge in [0.15, 0.2) is 0 Å². The zero-order valence-corrected chi connectivity index (χ0v) is 34.8. The number of anilines is 1. The summed E-state index contributed by atoms with van der Waals surface area (Å²) in [7, 11) is 0. The van der Waals surface area contributed by atoms with Crippen LogP contribution in [-0.2, 0) is 13.1 Å². The van der Waals surface area contributed by atoms with Gasteiger partial charge in [0.2, 0.25) is 0 Å². The van der Waals surface area contributed by atoms with Crippen LogP contribution in [0.4, 0.5) is 5.69 Å². The van der Waals surface area contributed by atoms with Gasteiger partial charge in [-0.05, 0) is 83.3 Å². The molecule has 4 amide bonds. The van der Waals surface area contributed by atoms with Crippen molar-refractivity contribution in [2.75, 3.05) is 5.73 Å². The average Bonchev–Trinajstić information content (AvgIpc) is 3.64. The molecule has 14 heteroatoms. The quantitative estimate of drug-likeness (QED) is 0.0976. The van der Waals surface area contributed by atoms with E-state index in [9.17, 15) is 19.2 Å². The first-order chi connectivity index (χ1) is 29.1. The Balaban J connectivity index is 0.000000154. The predicted octanol–water partition coefficient (Wildman–Crippen LogP) is 9.68. The van der Waals surface area contributed by atoms with E-state index >= 15 is 0 Å². The first-order valence-corrected chi connectivity index (χ1v) is 20.3. The van der Waals surface area contributed by atoms with Crippen molar-refractivity contribution in [1.82, 2.24) is 29.7 Å². The summed E-state index contributed by atoms with van der Waals surface area (Å²) in [5, 5.41) is 1.03. The number of carbonyl (C=O) groups excluding carboxylic acids is 4. The SMILES string of the molecule is Nc1cccc2nc(-c3ccccc3Cl)c(CN3C(=O)c4ccccc4C3=O)nc12.O=C1c2ccccc2C(=O)N1Cc1nc2c(I)cccc2nc1-c1ccccc1Cl. The Morgan fingerprint density at radius 3 is 1.25 bits per heavy atom. The number of halogens is 3. The number of nitrogens with two attached hydrogens (primary N) is 1. The number of aromatic nitrogens is 4. The lowest BCUT2D eigenvalue weighted by atomic mass is 10.1. The highest BCUT2D eigenvalue weighted by Gasteiger charge is 2.37. The van der Waals surface area contributed by atoms with E-state index in [1.807, 2.05) is 60.7 Å². The minimum Gasteiger partial charge on any atom is -0.397 e. The predicted molar refractivity (Wildman–Crippen MR) is 238 cm³/mol. The Morgan fingerprint density at radius 1 is 0.450 bits per heavy atom. The van der Waals surface area contributed by atoms with Gasteiger partial charge in [-0.3, -0.25) is 29.0 Å². The highest BCUT2D eigenvalue weighted by molar-refractivity contribution is 14.1. The fourth-order valence-electron chi connectivity index (χ4n) is 7.23. The zero-order valence-electron chi connectivity index (χ0n) is 31.1. The third-order valence-electron chi connectivity index (χ3n) is 10.1. The summed E-state index contributed by atoms with van der Waals surface area (Å²) in [5.41, 5.74) is 14.1. The topological polar surface area (TPSA) is 152 Å². The number of nitrogens with zero attached hydrogens (tertiary/aromatic N) is 6. The molecular weight excluding hydrogens is 912 g/mol. The minimum absolute atomic E-state index is 0.0147. The maximum absolute atomic E-state index is 12.9. The number of hydrogen-bond acceptors (Lipinski definition) is 9. The van der Waals surface area contributed by atoms with Crippen LogP contribution >= 0.6 is 45.8 Å². The lowest BCUT2D eigenvalue weighted by molar-refractivity contribution is 0.0625. The number of para-hydroxylation sites is 2. The summed E-state index contributed by atoms with van der Waals surface area (Å²) in [6, 6.07) is 39.3. The molecule has 0 aliphatic carbocycles. The number of hydrogen-bond donors (Lipinski definition) is 1. The number of benzene rings is 6. The molecular formula is C46H28Cl2IN7O4. The number of rotatable bonds is 6. The Kier molecular flexibility index (Phi) is 10.3. The van der Waals surface area contributed by atoms with Gasteiger partial charge in [-0.1, -0.05) is 96.0 Å². The molecule has 2 aromatic heterocycles. The summed E-state index contributed by atoms with van der Waals surface area (Å²) in [4.78, 5) is 72.9. The molecule has 292 valence electrons. The van der Waals surface area contributed by atoms with Crippen molar-refractivity contribution in [2.24, 2.45) is 0 Å². The molecule has 2 N–H and O–H groups in total. The van der Waals surface area contributed by atoms with Crippen LogP contribution in [0.25, 0.3) is 44.6 Å². The van der Waals surface area contributed by atoms with Crippen LogP contribution in [0.2, 0.25) is 10.0 Å². The lowest BCUT2D eigenvalue weighted by Crippen LogP contribution is -2.30. The monoisotopic (exact) mass is 939 g/mol. The minimum atomic E-state index is -0.358. The van der Waals surface area contributed by atoms with Crippen molar-refractivity contribution < 1.29 is 19.2 Å². The fourth-order valence-corrected chi connectivity index (χ4v) is 8.29. The van der Waals surface area contributed by atoms with Crippen LogP contribution in [-0.4, -0.2) is 53.4 Å². The second kappa shape index (κ2) is 15.9. The van der Waals surface area contributed by atoms with E-state index in [-0.39, 0.29) is 36.7 Å². The Labute approximate surface area is 366 Å². The van der Waals surface area contributed by atoms with Crippen LogP contribution in [0, 0.1) is 3.57 Å². The maximum atomic E-state index is 12.9. The normalized spacial score (nSPS) is 13.2. The van der Waals surface area contributed by atoms with Crippen LogP contribution in [0.15, 0.2) is 133 Å². The van der Waals surface area contributed by atoms with Gasteiger partial charge in [0.25, 0.3) is 23.6 Å². The van der Waals surface area contributed by atoms with Crippen LogP contribution in [0.5, 0.6) is 0 Å². The van der Waals surface area contributed by atoms with Gasteiger partial charge in [-0.2, -0.15) is 0 Å². The van der Waals surface area contributed by atoms with Gasteiger partial charge in [0.05, 0.1) is 84.9 Å². The molecule has 2 aliphatic heterocycles. The third kappa shape index (κ3) is 6.91. The van der Waals surface area contributed by atoms with Crippen LogP contribution in [0.3, 0.4) is 0 Å². The molecule has 0 radical (unpaired) electrons. The van der Waals surface area contributed by atoms with E-state index in [1.165, 1.54) is 9.80 Å². The van der Waals surface area contributed by atoms with Gasteiger partial charge in [-0.25, -0.2) is 19.9 Å². The summed E-state index contributed by atoms with van der Waals surface area (Å²) >= 11 is 15.1. The Morgan fingerprint density at radius 2 is 0.817 bits per heavy atom. The summed E-state index contributed by atoms with van der Waals surface area (Å²) in [5.74, 6) is -1.37. The van der Waals surface area contributed by atoms with Crippen LogP contribution < -0.4 is 5.73 Å². The van der Waals surface area contributed by atoms with E-state index in [0.29, 0.717) is 82.9 Å². The number of imide groups is 2. The second-order valence-electron chi connectivity index (χ2n) is 13.8.